The van der Waals surface area contributed by atoms with E-state index >= 15 is 0 Å². The smallest absolute Gasteiger partial charge is 0.254 e. The van der Waals surface area contributed by atoms with Crippen molar-refractivity contribution in [2.24, 2.45) is 21.9 Å². The second-order valence-corrected chi connectivity index (χ2v) is 10.9. The molecule has 4 rings (SSSR count). The Morgan fingerprint density at radius 1 is 1.24 bits per heavy atom. The Morgan fingerprint density at radius 2 is 2.03 bits per heavy atom. The Morgan fingerprint density at radius 3 is 2.76 bits per heavy atom. The first-order valence-corrected chi connectivity index (χ1v) is 12.0. The van der Waals surface area contributed by atoms with Crippen LogP contribution in [-0.2, 0) is 0 Å². The van der Waals surface area contributed by atoms with Gasteiger partial charge >= 0.3 is 0 Å². The maximum atomic E-state index is 13.2. The number of carbonyl (C=O) groups is 1. The molecule has 154 valence electrons. The molecule has 0 aromatic carbocycles. The number of halogens is 1. The summed E-state index contributed by atoms with van der Waals surface area (Å²) in [6.07, 6.45) is 8.12. The van der Waals surface area contributed by atoms with Crippen LogP contribution in [0.3, 0.4) is 0 Å². The average Bonchev–Trinajstić information content (AvgIpc) is 3.16. The number of carbonyl (C=O) groups excluding carboxylic acids is 1. The summed E-state index contributed by atoms with van der Waals surface area (Å²) in [6.45, 7) is 1.70. The molecule has 3 unspecified atom stereocenters. The third kappa shape index (κ3) is 4.51. The molecule has 2 aromatic heterocycles. The van der Waals surface area contributed by atoms with E-state index in [0.29, 0.717) is 31.0 Å². The van der Waals surface area contributed by atoms with E-state index in [1.54, 1.807) is 30.1 Å². The Hall–Kier alpha value is -1.85. The summed E-state index contributed by atoms with van der Waals surface area (Å²) in [4.78, 5) is 19.5. The van der Waals surface area contributed by atoms with Crippen molar-refractivity contribution in [1.82, 2.24) is 9.58 Å². The number of amides is 1. The van der Waals surface area contributed by atoms with E-state index in [1.807, 2.05) is 17.0 Å². The standard InChI is InChI=1S/C21H27BrN5OP/c1-24-20-11-16(10-19(23)27(20)25-12-17-6-7-18(22)29-17)21(28)26-9-8-14-4-2-3-5-15(14)13-26/h6-7,10-12,14-15,29H,2-5,8-9,13,23H2,1H3/b24-20?,25-12+. The summed E-state index contributed by atoms with van der Waals surface area (Å²) in [6, 6.07) is 7.57. The van der Waals surface area contributed by atoms with Crippen LogP contribution in [0, 0.1) is 11.8 Å². The lowest BCUT2D eigenvalue weighted by Crippen LogP contribution is -2.45. The van der Waals surface area contributed by atoms with E-state index in [1.165, 1.54) is 25.7 Å². The summed E-state index contributed by atoms with van der Waals surface area (Å²) < 4.78 is 2.74. The Balaban J connectivity index is 1.56. The zero-order chi connectivity index (χ0) is 20.4. The second-order valence-electron chi connectivity index (χ2n) is 7.91. The molecule has 8 heteroatoms. The third-order valence-corrected chi connectivity index (χ3v) is 7.94. The molecular formula is C21H27BrN5OP. The van der Waals surface area contributed by atoms with Gasteiger partial charge in [0, 0.05) is 35.2 Å². The van der Waals surface area contributed by atoms with E-state index in [-0.39, 0.29) is 5.91 Å². The van der Waals surface area contributed by atoms with Crippen LogP contribution in [0.2, 0.25) is 0 Å². The van der Waals surface area contributed by atoms with Crippen LogP contribution in [0.5, 0.6) is 0 Å². The number of piperidine rings is 1. The van der Waals surface area contributed by atoms with Gasteiger partial charge < -0.3 is 10.6 Å². The summed E-state index contributed by atoms with van der Waals surface area (Å²) >= 11 is 3.50. The minimum absolute atomic E-state index is 0.0508. The molecule has 1 aliphatic carbocycles. The minimum Gasteiger partial charge on any atom is -0.384 e. The van der Waals surface area contributed by atoms with Gasteiger partial charge in [-0.3, -0.25) is 9.79 Å². The number of hydrogen-bond acceptors (Lipinski definition) is 4. The van der Waals surface area contributed by atoms with Crippen LogP contribution in [0.1, 0.15) is 47.8 Å². The van der Waals surface area contributed by atoms with Crippen LogP contribution >= 0.6 is 24.1 Å². The summed E-state index contributed by atoms with van der Waals surface area (Å²) in [5.41, 5.74) is 7.43. The molecule has 0 bridgehead atoms. The molecular weight excluding hydrogens is 449 g/mol. The number of nitrogens with zero attached hydrogens (tertiary/aromatic N) is 4. The van der Waals surface area contributed by atoms with Crippen LogP contribution in [0.15, 0.2) is 38.6 Å². The average molecular weight is 476 g/mol. The molecule has 3 heterocycles. The molecule has 2 aliphatic rings. The van der Waals surface area contributed by atoms with Crippen LogP contribution in [0.4, 0.5) is 5.82 Å². The van der Waals surface area contributed by atoms with E-state index < -0.39 is 0 Å². The van der Waals surface area contributed by atoms with E-state index in [9.17, 15) is 4.79 Å². The summed E-state index contributed by atoms with van der Waals surface area (Å²) in [5.74, 6) is 1.91. The highest BCUT2D eigenvalue weighted by atomic mass is 79.9. The maximum Gasteiger partial charge on any atom is 0.254 e. The van der Waals surface area contributed by atoms with E-state index in [4.69, 9.17) is 5.73 Å². The monoisotopic (exact) mass is 475 g/mol. The highest BCUT2D eigenvalue weighted by molar-refractivity contribution is 9.11. The number of nitrogens with two attached hydrogens (primary N) is 1. The van der Waals surface area contributed by atoms with Gasteiger partial charge in [-0.1, -0.05) is 19.3 Å². The summed E-state index contributed by atoms with van der Waals surface area (Å²) in [7, 11) is 2.25. The Kier molecular flexibility index (Phi) is 6.26. The number of fused-ring (bicyclic) bond motifs is 1. The fraction of sp³-hybridized carbons (Fsp3) is 0.476. The molecule has 29 heavy (non-hydrogen) atoms. The van der Waals surface area contributed by atoms with Crippen molar-refractivity contribution < 1.29 is 4.79 Å². The number of likely N-dealkylation sites (tertiary alicyclic amines) is 1. The lowest BCUT2D eigenvalue weighted by molar-refractivity contribution is 0.0520. The van der Waals surface area contributed by atoms with Crippen molar-refractivity contribution in [1.29, 1.82) is 0 Å². The Bertz CT molecular complexity index is 995. The maximum absolute atomic E-state index is 13.2. The largest absolute Gasteiger partial charge is 0.384 e. The predicted molar refractivity (Wildman–Crippen MR) is 123 cm³/mol. The first-order chi connectivity index (χ1) is 14.0. The molecule has 1 amide bonds. The number of aromatic nitrogens is 1. The van der Waals surface area contributed by atoms with Crippen molar-refractivity contribution in [3.05, 3.63) is 44.8 Å². The molecule has 1 saturated carbocycles. The molecule has 0 radical (unpaired) electrons. The van der Waals surface area contributed by atoms with E-state index in [2.05, 4.69) is 26.0 Å². The quantitative estimate of drug-likeness (QED) is 0.682. The van der Waals surface area contributed by atoms with Gasteiger partial charge in [0.1, 0.15) is 5.82 Å². The second kappa shape index (κ2) is 8.88. The van der Waals surface area contributed by atoms with Crippen molar-refractivity contribution in [3.8, 4) is 0 Å². The van der Waals surface area contributed by atoms with Crippen LogP contribution in [-0.4, -0.2) is 41.8 Å². The zero-order valence-corrected chi connectivity index (χ0v) is 19.2. The molecule has 0 spiro atoms. The third-order valence-electron chi connectivity index (χ3n) is 6.09. The van der Waals surface area contributed by atoms with Crippen molar-refractivity contribution in [3.63, 3.8) is 0 Å². The highest BCUT2D eigenvalue weighted by Gasteiger charge is 2.33. The summed E-state index contributed by atoms with van der Waals surface area (Å²) in [5, 5.41) is 5.60. The number of rotatable bonds is 3. The van der Waals surface area contributed by atoms with Crippen molar-refractivity contribution in [2.75, 3.05) is 25.9 Å². The molecule has 6 nitrogen and oxygen atoms in total. The normalized spacial score (nSPS) is 23.1. The number of hydrogen-bond donors (Lipinski definition) is 1. The minimum atomic E-state index is 0.0508. The molecule has 3 atom stereocenters. The fourth-order valence-corrected chi connectivity index (χ4v) is 6.10. The van der Waals surface area contributed by atoms with Gasteiger partial charge in [-0.05, 0) is 64.9 Å². The van der Waals surface area contributed by atoms with Gasteiger partial charge in [0.2, 0.25) is 0 Å². The molecule has 2 aromatic rings. The SMILES string of the molecule is CN=c1cc(C(=O)N2CCC3CCCCC3C2)cc(N)n1/N=C/c1ccc(Br)[pH]1. The van der Waals surface area contributed by atoms with Crippen LogP contribution < -0.4 is 11.2 Å². The topological polar surface area (TPSA) is 76.0 Å². The lowest BCUT2D eigenvalue weighted by Gasteiger charge is -2.41. The number of anilines is 1. The van der Waals surface area contributed by atoms with Gasteiger partial charge in [0.05, 0.1) is 6.21 Å². The molecule has 1 aliphatic heterocycles. The first kappa shape index (κ1) is 20.4. The van der Waals surface area contributed by atoms with Crippen LogP contribution in [0.25, 0.3) is 0 Å². The van der Waals surface area contributed by atoms with Gasteiger partial charge in [-0.25, -0.2) is 4.68 Å². The molecule has 2 fully saturated rings. The van der Waals surface area contributed by atoms with Gasteiger partial charge in [0.25, 0.3) is 5.91 Å². The van der Waals surface area contributed by atoms with E-state index in [0.717, 1.165) is 34.9 Å². The highest BCUT2D eigenvalue weighted by Crippen LogP contribution is 2.36. The van der Waals surface area contributed by atoms with Gasteiger partial charge in [-0.2, -0.15) is 5.10 Å². The first-order valence-electron chi connectivity index (χ1n) is 10.2. The predicted octanol–water partition coefficient (Wildman–Crippen LogP) is 3.93. The fourth-order valence-electron chi connectivity index (χ4n) is 4.55. The van der Waals surface area contributed by atoms with Gasteiger partial charge in [0.15, 0.2) is 5.49 Å². The Labute approximate surface area is 181 Å². The van der Waals surface area contributed by atoms with Gasteiger partial charge in [-0.15, -0.1) is 8.19 Å². The molecule has 2 N–H and O–H groups in total. The number of pyridine rings is 1. The lowest BCUT2D eigenvalue weighted by atomic mass is 9.75. The van der Waals surface area contributed by atoms with Crippen molar-refractivity contribution in [2.45, 2.75) is 32.1 Å². The molecule has 1 saturated heterocycles. The van der Waals surface area contributed by atoms with Crippen molar-refractivity contribution >= 4 is 42.1 Å². The zero-order valence-electron chi connectivity index (χ0n) is 16.6. The number of nitrogen functional groups attached to an aromatic ring is 1.